The molecule has 0 unspecified atom stereocenters. The third kappa shape index (κ3) is 6.98. The van der Waals surface area contributed by atoms with Crippen molar-refractivity contribution in [1.82, 2.24) is 20.6 Å². The summed E-state index contributed by atoms with van der Waals surface area (Å²) in [7, 11) is 0. The highest BCUT2D eigenvalue weighted by atomic mass is 16.2. The molecule has 4 aliphatic carbocycles. The number of nitrogens with zero attached hydrogens (tertiary/aromatic N) is 1. The van der Waals surface area contributed by atoms with Crippen LogP contribution < -0.4 is 10.6 Å². The highest BCUT2D eigenvalue weighted by Crippen LogP contribution is 2.55. The topological polar surface area (TPSA) is 69.8 Å². The van der Waals surface area contributed by atoms with Gasteiger partial charge >= 0.3 is 6.03 Å². The zero-order valence-corrected chi connectivity index (χ0v) is 19.5. The Morgan fingerprint density at radius 1 is 0.871 bits per heavy atom. The lowest BCUT2D eigenvalue weighted by Gasteiger charge is -2.56. The van der Waals surface area contributed by atoms with E-state index < -0.39 is 0 Å². The van der Waals surface area contributed by atoms with Gasteiger partial charge < -0.3 is 15.6 Å². The van der Waals surface area contributed by atoms with Crippen LogP contribution >= 0.6 is 0 Å². The van der Waals surface area contributed by atoms with Gasteiger partial charge in [-0.15, -0.1) is 0 Å². The molecule has 5 rings (SSSR count). The predicted octanol–water partition coefficient (Wildman–Crippen LogP) is 6.12. The molecule has 4 bridgehead atoms. The number of aryl methyl sites for hydroxylation is 1. The molecule has 1 heterocycles. The third-order valence-electron chi connectivity index (χ3n) is 8.10. The molecule has 1 aromatic heterocycles. The largest absolute Gasteiger partial charge is 0.349 e. The lowest BCUT2D eigenvalue weighted by molar-refractivity contribution is -0.0135. The van der Waals surface area contributed by atoms with Crippen LogP contribution in [0.25, 0.3) is 0 Å². The third-order valence-corrected chi connectivity index (χ3v) is 8.10. The van der Waals surface area contributed by atoms with Gasteiger partial charge in [0.2, 0.25) is 0 Å². The number of unbranched alkanes of at least 4 members (excludes halogenated alkanes) is 9. The van der Waals surface area contributed by atoms with E-state index in [2.05, 4.69) is 20.6 Å². The molecule has 0 spiro atoms. The first-order valence-corrected chi connectivity index (χ1v) is 13.2. The van der Waals surface area contributed by atoms with Gasteiger partial charge in [-0.3, -0.25) is 0 Å². The molecule has 0 saturated heterocycles. The lowest BCUT2D eigenvalue weighted by Crippen LogP contribution is -2.61. The Bertz CT molecular complexity index is 621. The van der Waals surface area contributed by atoms with Crippen molar-refractivity contribution in [1.29, 1.82) is 0 Å². The van der Waals surface area contributed by atoms with Gasteiger partial charge in [-0.25, -0.2) is 9.78 Å². The van der Waals surface area contributed by atoms with Crippen molar-refractivity contribution in [3.8, 4) is 0 Å². The summed E-state index contributed by atoms with van der Waals surface area (Å²) >= 11 is 0. The number of aromatic amines is 1. The molecule has 31 heavy (non-hydrogen) atoms. The molecular formula is C26H44N4O. The van der Waals surface area contributed by atoms with Crippen LogP contribution in [-0.2, 0) is 6.42 Å². The number of nitrogens with one attached hydrogen (secondary N) is 3. The van der Waals surface area contributed by atoms with E-state index in [1.807, 2.05) is 12.4 Å². The van der Waals surface area contributed by atoms with E-state index in [-0.39, 0.29) is 11.6 Å². The van der Waals surface area contributed by atoms with Crippen LogP contribution in [0.3, 0.4) is 0 Å². The summed E-state index contributed by atoms with van der Waals surface area (Å²) in [5.41, 5.74) is 0.137. The summed E-state index contributed by atoms with van der Waals surface area (Å²) < 4.78 is 0. The van der Waals surface area contributed by atoms with Gasteiger partial charge in [0.25, 0.3) is 0 Å². The average Bonchev–Trinajstić information content (AvgIpc) is 3.23. The molecule has 0 atom stereocenters. The monoisotopic (exact) mass is 428 g/mol. The number of rotatable bonds is 14. The van der Waals surface area contributed by atoms with Crippen molar-refractivity contribution >= 4 is 6.03 Å². The minimum absolute atomic E-state index is 0.0917. The van der Waals surface area contributed by atoms with Gasteiger partial charge in [-0.1, -0.05) is 51.4 Å². The summed E-state index contributed by atoms with van der Waals surface area (Å²) in [4.78, 5) is 19.9. The molecular weight excluding hydrogens is 384 g/mol. The van der Waals surface area contributed by atoms with Crippen molar-refractivity contribution in [2.75, 3.05) is 6.54 Å². The lowest BCUT2D eigenvalue weighted by atomic mass is 9.53. The summed E-state index contributed by atoms with van der Waals surface area (Å²) in [6, 6.07) is 0.0917. The number of hydrogen-bond donors (Lipinski definition) is 3. The number of hydrogen-bond acceptors (Lipinski definition) is 2. The Labute approximate surface area is 188 Å². The summed E-state index contributed by atoms with van der Waals surface area (Å²) in [5.74, 6) is 3.77. The Morgan fingerprint density at radius 3 is 1.97 bits per heavy atom. The molecule has 174 valence electrons. The number of aromatic nitrogens is 2. The van der Waals surface area contributed by atoms with Crippen LogP contribution in [0.4, 0.5) is 4.79 Å². The molecule has 2 amide bonds. The van der Waals surface area contributed by atoms with E-state index >= 15 is 0 Å². The second-order valence-electron chi connectivity index (χ2n) is 10.9. The van der Waals surface area contributed by atoms with Crippen molar-refractivity contribution < 1.29 is 4.79 Å². The second kappa shape index (κ2) is 11.4. The summed E-state index contributed by atoms with van der Waals surface area (Å²) in [5, 5.41) is 6.56. The van der Waals surface area contributed by atoms with Gasteiger partial charge in [0.15, 0.2) is 0 Å². The van der Waals surface area contributed by atoms with Gasteiger partial charge in [-0.2, -0.15) is 0 Å². The van der Waals surface area contributed by atoms with E-state index in [4.69, 9.17) is 0 Å². The van der Waals surface area contributed by atoms with Crippen LogP contribution in [0.1, 0.15) is 109 Å². The minimum atomic E-state index is 0.0917. The van der Waals surface area contributed by atoms with Crippen LogP contribution in [0, 0.1) is 17.8 Å². The zero-order chi connectivity index (χ0) is 21.4. The highest BCUT2D eigenvalue weighted by molar-refractivity contribution is 5.74. The molecule has 4 fully saturated rings. The first kappa shape index (κ1) is 22.7. The van der Waals surface area contributed by atoms with Crippen molar-refractivity contribution in [3.63, 3.8) is 0 Å². The van der Waals surface area contributed by atoms with Crippen LogP contribution in [-0.4, -0.2) is 28.1 Å². The molecule has 0 radical (unpaired) electrons. The molecule has 0 aromatic carbocycles. The first-order chi connectivity index (χ1) is 15.2. The number of urea groups is 1. The zero-order valence-electron chi connectivity index (χ0n) is 19.5. The van der Waals surface area contributed by atoms with Crippen LogP contribution in [0.15, 0.2) is 12.4 Å². The Balaban J connectivity index is 0.936. The number of carbonyl (C=O) groups excluding carboxylic acids is 1. The van der Waals surface area contributed by atoms with E-state index in [1.54, 1.807) is 0 Å². The maximum atomic E-state index is 12.4. The average molecular weight is 429 g/mol. The standard InChI is InChI=1S/C26H44N4O/c31-25(30-26-18-21-15-22(19-26)17-23(16-21)20-26)29-12-10-8-6-4-2-1-3-5-7-9-11-24-27-13-14-28-24/h13-14,21-23H,1-12,15-20H2,(H,27,28)(H2,29,30,31). The number of imidazole rings is 1. The molecule has 4 aliphatic rings. The number of amides is 2. The van der Waals surface area contributed by atoms with Crippen molar-refractivity contribution in [3.05, 3.63) is 18.2 Å². The Kier molecular flexibility index (Phi) is 8.32. The maximum Gasteiger partial charge on any atom is 0.315 e. The van der Waals surface area contributed by atoms with Crippen molar-refractivity contribution in [2.24, 2.45) is 17.8 Å². The van der Waals surface area contributed by atoms with Gasteiger partial charge in [0, 0.05) is 30.9 Å². The molecule has 4 saturated carbocycles. The first-order valence-electron chi connectivity index (χ1n) is 13.2. The van der Waals surface area contributed by atoms with E-state index in [0.717, 1.165) is 43.0 Å². The molecule has 5 nitrogen and oxygen atoms in total. The van der Waals surface area contributed by atoms with E-state index in [9.17, 15) is 4.79 Å². The fourth-order valence-corrected chi connectivity index (χ4v) is 7.02. The van der Waals surface area contributed by atoms with Crippen LogP contribution in [0.5, 0.6) is 0 Å². The maximum absolute atomic E-state index is 12.4. The summed E-state index contributed by atoms with van der Waals surface area (Å²) in [6.45, 7) is 0.827. The Hall–Kier alpha value is -1.52. The molecule has 0 aliphatic heterocycles. The number of carbonyl (C=O) groups is 1. The fourth-order valence-electron chi connectivity index (χ4n) is 7.02. The van der Waals surface area contributed by atoms with E-state index in [1.165, 1.54) is 96.3 Å². The number of H-pyrrole nitrogens is 1. The fraction of sp³-hybridized carbons (Fsp3) is 0.846. The summed E-state index contributed by atoms with van der Waals surface area (Å²) in [6.07, 6.45) is 25.8. The highest BCUT2D eigenvalue weighted by Gasteiger charge is 2.51. The normalized spacial score (nSPS) is 28.7. The van der Waals surface area contributed by atoms with E-state index in [0.29, 0.717) is 0 Å². The molecule has 3 N–H and O–H groups in total. The molecule has 1 aromatic rings. The van der Waals surface area contributed by atoms with Gasteiger partial charge in [-0.05, 0) is 69.1 Å². The smallest absolute Gasteiger partial charge is 0.315 e. The minimum Gasteiger partial charge on any atom is -0.349 e. The quantitative estimate of drug-likeness (QED) is 0.312. The SMILES string of the molecule is O=C(NCCCCCCCCCCCCc1ncc[nH]1)NC12CC3CC(CC(C3)C1)C2. The predicted molar refractivity (Wildman–Crippen MR) is 126 cm³/mol. The van der Waals surface area contributed by atoms with Crippen LogP contribution in [0.2, 0.25) is 0 Å². The molecule has 5 heteroatoms. The van der Waals surface area contributed by atoms with Gasteiger partial charge in [0.05, 0.1) is 0 Å². The second-order valence-corrected chi connectivity index (χ2v) is 10.9. The van der Waals surface area contributed by atoms with Crippen molar-refractivity contribution in [2.45, 2.75) is 115 Å². The Morgan fingerprint density at radius 2 is 1.42 bits per heavy atom. The van der Waals surface area contributed by atoms with Gasteiger partial charge in [0.1, 0.15) is 5.82 Å².